The highest BCUT2D eigenvalue weighted by atomic mass is 16.5. The minimum Gasteiger partial charge on any atom is -0.494 e. The first-order valence-corrected chi connectivity index (χ1v) is 9.29. The second-order valence-corrected chi connectivity index (χ2v) is 6.65. The van der Waals surface area contributed by atoms with Crippen molar-refractivity contribution in [3.63, 3.8) is 0 Å². The monoisotopic (exact) mass is 348 g/mol. The number of hydrogen-bond acceptors (Lipinski definition) is 4. The van der Waals surface area contributed by atoms with E-state index in [1.807, 2.05) is 31.2 Å². The van der Waals surface area contributed by atoms with Gasteiger partial charge in [0.2, 0.25) is 0 Å². The molecule has 0 saturated carbocycles. The number of rotatable bonds is 6. The van der Waals surface area contributed by atoms with E-state index in [9.17, 15) is 0 Å². The molecule has 1 saturated heterocycles. The van der Waals surface area contributed by atoms with E-state index in [4.69, 9.17) is 4.74 Å². The Kier molecular flexibility index (Phi) is 4.97. The zero-order valence-electron chi connectivity index (χ0n) is 15.1. The average molecular weight is 348 g/mol. The summed E-state index contributed by atoms with van der Waals surface area (Å²) in [5, 5.41) is 7.47. The van der Waals surface area contributed by atoms with Crippen molar-refractivity contribution in [1.29, 1.82) is 0 Å². The van der Waals surface area contributed by atoms with Gasteiger partial charge in [-0.2, -0.15) is 5.10 Å². The number of ether oxygens (including phenoxy) is 1. The van der Waals surface area contributed by atoms with Crippen molar-refractivity contribution in [2.24, 2.45) is 0 Å². The summed E-state index contributed by atoms with van der Waals surface area (Å²) in [6.07, 6.45) is 2.62. The lowest BCUT2D eigenvalue weighted by molar-refractivity contribution is 0.331. The fourth-order valence-corrected chi connectivity index (χ4v) is 3.40. The van der Waals surface area contributed by atoms with Gasteiger partial charge in [-0.3, -0.25) is 10.00 Å². The Balaban J connectivity index is 1.52. The van der Waals surface area contributed by atoms with Crippen LogP contribution >= 0.6 is 0 Å². The van der Waals surface area contributed by atoms with E-state index < -0.39 is 0 Å². The van der Waals surface area contributed by atoms with Crippen LogP contribution in [0.1, 0.15) is 25.3 Å². The van der Waals surface area contributed by atoms with Gasteiger partial charge in [0.1, 0.15) is 5.75 Å². The lowest BCUT2D eigenvalue weighted by Gasteiger charge is -2.14. The SMILES string of the molecule is CCOc1ccc(-c2nc(-c3cccc(CN4CCCC4)c3)n[nH]2)cc1. The summed E-state index contributed by atoms with van der Waals surface area (Å²) < 4.78 is 5.49. The molecule has 4 rings (SSSR count). The molecule has 1 aromatic heterocycles. The van der Waals surface area contributed by atoms with Crippen LogP contribution in [-0.4, -0.2) is 39.8 Å². The molecule has 0 spiro atoms. The maximum Gasteiger partial charge on any atom is 0.181 e. The van der Waals surface area contributed by atoms with Crippen LogP contribution in [0, 0.1) is 0 Å². The molecule has 5 nitrogen and oxygen atoms in total. The largest absolute Gasteiger partial charge is 0.494 e. The Labute approximate surface area is 154 Å². The third-order valence-corrected chi connectivity index (χ3v) is 4.71. The van der Waals surface area contributed by atoms with E-state index in [2.05, 4.69) is 44.3 Å². The van der Waals surface area contributed by atoms with E-state index in [1.54, 1.807) is 0 Å². The number of hydrogen-bond donors (Lipinski definition) is 1. The van der Waals surface area contributed by atoms with Gasteiger partial charge in [-0.05, 0) is 68.8 Å². The van der Waals surface area contributed by atoms with Gasteiger partial charge in [-0.1, -0.05) is 18.2 Å². The van der Waals surface area contributed by atoms with E-state index in [0.717, 1.165) is 35.1 Å². The molecule has 0 amide bonds. The number of aromatic amines is 1. The molecule has 2 heterocycles. The molecule has 0 radical (unpaired) electrons. The van der Waals surface area contributed by atoms with E-state index in [1.165, 1.54) is 31.5 Å². The zero-order chi connectivity index (χ0) is 17.8. The molecule has 26 heavy (non-hydrogen) atoms. The lowest BCUT2D eigenvalue weighted by Crippen LogP contribution is -2.18. The fourth-order valence-electron chi connectivity index (χ4n) is 3.40. The number of nitrogens with zero attached hydrogens (tertiary/aromatic N) is 3. The maximum atomic E-state index is 5.49. The van der Waals surface area contributed by atoms with Gasteiger partial charge in [0, 0.05) is 17.7 Å². The Bertz CT molecular complexity index is 850. The standard InChI is InChI=1S/C21H24N4O/c1-2-26-19-10-8-17(9-11-19)20-22-21(24-23-20)18-7-5-6-16(14-18)15-25-12-3-4-13-25/h5-11,14H,2-4,12-13,15H2,1H3,(H,22,23,24). The van der Waals surface area contributed by atoms with Crippen LogP contribution < -0.4 is 4.74 Å². The molecule has 2 aromatic carbocycles. The Hall–Kier alpha value is -2.66. The lowest BCUT2D eigenvalue weighted by atomic mass is 10.1. The molecule has 0 bridgehead atoms. The number of benzene rings is 2. The van der Waals surface area contributed by atoms with Gasteiger partial charge in [-0.15, -0.1) is 0 Å². The van der Waals surface area contributed by atoms with Crippen molar-refractivity contribution in [3.8, 4) is 28.5 Å². The second kappa shape index (κ2) is 7.70. The van der Waals surface area contributed by atoms with Crippen LogP contribution in [0.4, 0.5) is 0 Å². The summed E-state index contributed by atoms with van der Waals surface area (Å²) in [5.41, 5.74) is 3.37. The molecular weight excluding hydrogens is 324 g/mol. The third-order valence-electron chi connectivity index (χ3n) is 4.71. The molecule has 0 atom stereocenters. The predicted octanol–water partition coefficient (Wildman–Crippen LogP) is 4.13. The van der Waals surface area contributed by atoms with Gasteiger partial charge < -0.3 is 4.74 Å². The first kappa shape index (κ1) is 16.8. The fraction of sp³-hybridized carbons (Fsp3) is 0.333. The summed E-state index contributed by atoms with van der Waals surface area (Å²) in [6, 6.07) is 16.4. The van der Waals surface area contributed by atoms with Crippen LogP contribution in [0.25, 0.3) is 22.8 Å². The zero-order valence-corrected chi connectivity index (χ0v) is 15.1. The molecule has 5 heteroatoms. The Morgan fingerprint density at radius 3 is 2.62 bits per heavy atom. The van der Waals surface area contributed by atoms with Crippen molar-refractivity contribution < 1.29 is 4.74 Å². The van der Waals surface area contributed by atoms with Crippen molar-refractivity contribution >= 4 is 0 Å². The summed E-state index contributed by atoms with van der Waals surface area (Å²) in [7, 11) is 0. The highest BCUT2D eigenvalue weighted by molar-refractivity contribution is 5.62. The topological polar surface area (TPSA) is 54.0 Å². The maximum absolute atomic E-state index is 5.49. The number of likely N-dealkylation sites (tertiary alicyclic amines) is 1. The van der Waals surface area contributed by atoms with E-state index in [0.29, 0.717) is 6.61 Å². The quantitative estimate of drug-likeness (QED) is 0.728. The van der Waals surface area contributed by atoms with Gasteiger partial charge in [0.15, 0.2) is 11.6 Å². The summed E-state index contributed by atoms with van der Waals surface area (Å²) in [4.78, 5) is 7.18. The molecule has 1 fully saturated rings. The van der Waals surface area contributed by atoms with Gasteiger partial charge in [-0.25, -0.2) is 4.98 Å². The summed E-state index contributed by atoms with van der Waals surface area (Å²) in [5.74, 6) is 2.37. The second-order valence-electron chi connectivity index (χ2n) is 6.65. The third kappa shape index (κ3) is 3.78. The summed E-state index contributed by atoms with van der Waals surface area (Å²) >= 11 is 0. The predicted molar refractivity (Wildman–Crippen MR) is 103 cm³/mol. The molecule has 1 N–H and O–H groups in total. The van der Waals surface area contributed by atoms with Crippen molar-refractivity contribution in [3.05, 3.63) is 54.1 Å². The molecule has 134 valence electrons. The minimum atomic E-state index is 0.666. The number of H-pyrrole nitrogens is 1. The van der Waals surface area contributed by atoms with Gasteiger partial charge in [0.25, 0.3) is 0 Å². The first-order valence-electron chi connectivity index (χ1n) is 9.29. The van der Waals surface area contributed by atoms with Crippen molar-refractivity contribution in [2.75, 3.05) is 19.7 Å². The van der Waals surface area contributed by atoms with Crippen LogP contribution in [-0.2, 0) is 6.54 Å². The highest BCUT2D eigenvalue weighted by Gasteiger charge is 2.13. The smallest absolute Gasteiger partial charge is 0.181 e. The van der Waals surface area contributed by atoms with Crippen LogP contribution in [0.3, 0.4) is 0 Å². The first-order chi connectivity index (χ1) is 12.8. The Morgan fingerprint density at radius 2 is 1.85 bits per heavy atom. The van der Waals surface area contributed by atoms with E-state index in [-0.39, 0.29) is 0 Å². The van der Waals surface area contributed by atoms with Crippen molar-refractivity contribution in [2.45, 2.75) is 26.3 Å². The number of nitrogens with one attached hydrogen (secondary N) is 1. The molecule has 0 aliphatic carbocycles. The molecule has 3 aromatic rings. The van der Waals surface area contributed by atoms with Gasteiger partial charge >= 0.3 is 0 Å². The van der Waals surface area contributed by atoms with E-state index >= 15 is 0 Å². The average Bonchev–Trinajstić information content (AvgIpc) is 3.35. The van der Waals surface area contributed by atoms with Crippen LogP contribution in [0.2, 0.25) is 0 Å². The molecule has 1 aliphatic heterocycles. The molecule has 1 aliphatic rings. The highest BCUT2D eigenvalue weighted by Crippen LogP contribution is 2.23. The molecular formula is C21H24N4O. The normalized spacial score (nSPS) is 14.7. The van der Waals surface area contributed by atoms with Crippen LogP contribution in [0.15, 0.2) is 48.5 Å². The van der Waals surface area contributed by atoms with Crippen LogP contribution in [0.5, 0.6) is 5.75 Å². The van der Waals surface area contributed by atoms with Gasteiger partial charge in [0.05, 0.1) is 6.61 Å². The van der Waals surface area contributed by atoms with Crippen molar-refractivity contribution in [1.82, 2.24) is 20.1 Å². The molecule has 0 unspecified atom stereocenters. The summed E-state index contributed by atoms with van der Waals surface area (Å²) in [6.45, 7) is 6.05. The Morgan fingerprint density at radius 1 is 1.04 bits per heavy atom. The minimum absolute atomic E-state index is 0.666. The number of aromatic nitrogens is 3.